The molecule has 0 saturated carbocycles. The van der Waals surface area contributed by atoms with Gasteiger partial charge in [-0.2, -0.15) is 0 Å². The summed E-state index contributed by atoms with van der Waals surface area (Å²) in [5, 5.41) is 3.67. The highest BCUT2D eigenvalue weighted by atomic mass is 16.6. The minimum atomic E-state index is 0.0694. The third kappa shape index (κ3) is 0.918. The summed E-state index contributed by atoms with van der Waals surface area (Å²) in [6.45, 7) is 5.59. The molecule has 1 rings (SSSR count). The van der Waals surface area contributed by atoms with Gasteiger partial charge < -0.3 is 4.84 Å². The van der Waals surface area contributed by atoms with Crippen molar-refractivity contribution in [2.45, 2.75) is 19.4 Å². The molecule has 0 aromatic rings. The molecule has 0 bridgehead atoms. The highest BCUT2D eigenvalue weighted by molar-refractivity contribution is 5.82. The van der Waals surface area contributed by atoms with Crippen LogP contribution in [0.1, 0.15) is 13.3 Å². The standard InChI is InChI=1S/C5H8NO/c1-4-3-5(2)7-6-4/h5H,2-3H2,1H3. The maximum absolute atomic E-state index is 4.74. The molecule has 1 unspecified atom stereocenters. The van der Waals surface area contributed by atoms with Crippen LogP contribution in [-0.2, 0) is 4.84 Å². The minimum absolute atomic E-state index is 0.0694. The highest BCUT2D eigenvalue weighted by Gasteiger charge is 2.10. The fraction of sp³-hybridized carbons (Fsp3) is 0.600. The van der Waals surface area contributed by atoms with Crippen LogP contribution in [0.3, 0.4) is 0 Å². The van der Waals surface area contributed by atoms with E-state index < -0.39 is 0 Å². The van der Waals surface area contributed by atoms with Crippen molar-refractivity contribution in [3.05, 3.63) is 6.92 Å². The van der Waals surface area contributed by atoms with Crippen LogP contribution in [0.25, 0.3) is 0 Å². The van der Waals surface area contributed by atoms with E-state index in [1.54, 1.807) is 0 Å². The first-order chi connectivity index (χ1) is 3.29. The topological polar surface area (TPSA) is 21.6 Å². The Bertz CT molecular complexity index is 98.3. The predicted molar refractivity (Wildman–Crippen MR) is 28.0 cm³/mol. The Balaban J connectivity index is 2.42. The Morgan fingerprint density at radius 3 is 2.86 bits per heavy atom. The number of hydrogen-bond donors (Lipinski definition) is 0. The van der Waals surface area contributed by atoms with Crippen LogP contribution in [0.2, 0.25) is 0 Å². The quantitative estimate of drug-likeness (QED) is 0.442. The summed E-state index contributed by atoms with van der Waals surface area (Å²) in [6, 6.07) is 0. The van der Waals surface area contributed by atoms with Gasteiger partial charge in [0.1, 0.15) is 6.10 Å². The molecular weight excluding hydrogens is 90.1 g/mol. The lowest BCUT2D eigenvalue weighted by molar-refractivity contribution is 0.118. The molecule has 0 amide bonds. The van der Waals surface area contributed by atoms with Crippen molar-refractivity contribution in [1.29, 1.82) is 0 Å². The van der Waals surface area contributed by atoms with E-state index in [2.05, 4.69) is 12.1 Å². The molecule has 0 N–H and O–H groups in total. The minimum Gasteiger partial charge on any atom is -0.392 e. The molecule has 0 aromatic carbocycles. The maximum atomic E-state index is 4.74. The zero-order valence-corrected chi connectivity index (χ0v) is 4.35. The molecule has 0 fully saturated rings. The molecule has 2 heteroatoms. The summed E-state index contributed by atoms with van der Waals surface area (Å²) in [4.78, 5) is 4.74. The van der Waals surface area contributed by atoms with Crippen molar-refractivity contribution in [2.24, 2.45) is 5.16 Å². The summed E-state index contributed by atoms with van der Waals surface area (Å²) >= 11 is 0. The summed E-state index contributed by atoms with van der Waals surface area (Å²) in [5.41, 5.74) is 1.04. The van der Waals surface area contributed by atoms with Gasteiger partial charge in [0.05, 0.1) is 5.71 Å². The Hall–Kier alpha value is -0.530. The van der Waals surface area contributed by atoms with E-state index in [0.717, 1.165) is 12.1 Å². The molecule has 1 aliphatic heterocycles. The molecule has 1 heterocycles. The summed E-state index contributed by atoms with van der Waals surface area (Å²) in [6.07, 6.45) is 0.958. The SMILES string of the molecule is [CH2]C1CC(C)=NO1. The third-order valence-electron chi connectivity index (χ3n) is 0.881. The monoisotopic (exact) mass is 98.1 g/mol. The smallest absolute Gasteiger partial charge is 0.133 e. The first-order valence-corrected chi connectivity index (χ1v) is 2.31. The normalized spacial score (nSPS) is 29.4. The van der Waals surface area contributed by atoms with Crippen LogP contribution in [-0.4, -0.2) is 11.8 Å². The summed E-state index contributed by atoms with van der Waals surface area (Å²) in [5.74, 6) is 0. The van der Waals surface area contributed by atoms with Crippen LogP contribution < -0.4 is 0 Å². The van der Waals surface area contributed by atoms with Crippen LogP contribution in [0.15, 0.2) is 5.16 Å². The Kier molecular flexibility index (Phi) is 1.01. The molecule has 7 heavy (non-hydrogen) atoms. The summed E-state index contributed by atoms with van der Waals surface area (Å²) in [7, 11) is 0. The molecule has 39 valence electrons. The van der Waals surface area contributed by atoms with Gasteiger partial charge >= 0.3 is 0 Å². The van der Waals surface area contributed by atoms with E-state index in [9.17, 15) is 0 Å². The van der Waals surface area contributed by atoms with Crippen molar-refractivity contribution in [3.8, 4) is 0 Å². The maximum Gasteiger partial charge on any atom is 0.133 e. The third-order valence-corrected chi connectivity index (χ3v) is 0.881. The zero-order chi connectivity index (χ0) is 5.28. The number of oxime groups is 1. The second-order valence-corrected chi connectivity index (χ2v) is 1.76. The fourth-order valence-electron chi connectivity index (χ4n) is 0.569. The van der Waals surface area contributed by atoms with Crippen LogP contribution in [0, 0.1) is 6.92 Å². The average molecular weight is 98.1 g/mol. The van der Waals surface area contributed by atoms with Gasteiger partial charge in [0.2, 0.25) is 0 Å². The van der Waals surface area contributed by atoms with Gasteiger partial charge in [-0.25, -0.2) is 0 Å². The Morgan fingerprint density at radius 1 is 2.00 bits per heavy atom. The highest BCUT2D eigenvalue weighted by Crippen LogP contribution is 2.06. The van der Waals surface area contributed by atoms with Crippen LogP contribution in [0.5, 0.6) is 0 Å². The number of nitrogens with zero attached hydrogens (tertiary/aromatic N) is 1. The first-order valence-electron chi connectivity index (χ1n) is 2.31. The molecule has 1 atom stereocenters. The van der Waals surface area contributed by atoms with E-state index in [0.29, 0.717) is 0 Å². The van der Waals surface area contributed by atoms with Gasteiger partial charge in [-0.1, -0.05) is 5.16 Å². The predicted octanol–water partition coefficient (Wildman–Crippen LogP) is 0.985. The molecule has 0 aromatic heterocycles. The number of rotatable bonds is 0. The van der Waals surface area contributed by atoms with Gasteiger partial charge in [-0.05, 0) is 13.8 Å². The molecule has 2 nitrogen and oxygen atoms in total. The largest absolute Gasteiger partial charge is 0.392 e. The van der Waals surface area contributed by atoms with E-state index in [-0.39, 0.29) is 6.10 Å². The van der Waals surface area contributed by atoms with Crippen molar-refractivity contribution < 1.29 is 4.84 Å². The second kappa shape index (κ2) is 1.52. The van der Waals surface area contributed by atoms with E-state index in [1.165, 1.54) is 0 Å². The fourth-order valence-corrected chi connectivity index (χ4v) is 0.569. The molecule has 1 radical (unpaired) electrons. The van der Waals surface area contributed by atoms with E-state index >= 15 is 0 Å². The summed E-state index contributed by atoms with van der Waals surface area (Å²) < 4.78 is 0. The molecule has 1 aliphatic rings. The van der Waals surface area contributed by atoms with Gasteiger partial charge in [0.15, 0.2) is 0 Å². The lowest BCUT2D eigenvalue weighted by Crippen LogP contribution is -1.98. The lowest BCUT2D eigenvalue weighted by atomic mass is 10.2. The first kappa shape index (κ1) is 4.62. The lowest BCUT2D eigenvalue weighted by Gasteiger charge is -1.93. The Morgan fingerprint density at radius 2 is 2.71 bits per heavy atom. The number of hydrogen-bond acceptors (Lipinski definition) is 2. The van der Waals surface area contributed by atoms with Crippen LogP contribution >= 0.6 is 0 Å². The molecule has 0 spiro atoms. The molecular formula is C5H8NO. The van der Waals surface area contributed by atoms with Crippen molar-refractivity contribution in [2.75, 3.05) is 0 Å². The molecule has 0 aliphatic carbocycles. The average Bonchev–Trinajstić information content (AvgIpc) is 1.87. The van der Waals surface area contributed by atoms with Gasteiger partial charge in [-0.15, -0.1) is 0 Å². The van der Waals surface area contributed by atoms with Crippen molar-refractivity contribution in [3.63, 3.8) is 0 Å². The second-order valence-electron chi connectivity index (χ2n) is 1.76. The molecule has 0 saturated heterocycles. The Labute approximate surface area is 43.2 Å². The van der Waals surface area contributed by atoms with Crippen molar-refractivity contribution in [1.82, 2.24) is 0 Å². The van der Waals surface area contributed by atoms with Gasteiger partial charge in [-0.3, -0.25) is 0 Å². The van der Waals surface area contributed by atoms with Crippen LogP contribution in [0.4, 0.5) is 0 Å². The van der Waals surface area contributed by atoms with Gasteiger partial charge in [0, 0.05) is 6.42 Å². The zero-order valence-electron chi connectivity index (χ0n) is 4.35. The van der Waals surface area contributed by atoms with Gasteiger partial charge in [0.25, 0.3) is 0 Å². The van der Waals surface area contributed by atoms with Crippen molar-refractivity contribution >= 4 is 5.71 Å². The van der Waals surface area contributed by atoms with E-state index in [1.807, 2.05) is 6.92 Å². The van der Waals surface area contributed by atoms with E-state index in [4.69, 9.17) is 4.84 Å².